The van der Waals surface area contributed by atoms with Gasteiger partial charge >= 0.3 is 0 Å². The minimum absolute atomic E-state index is 0.254. The predicted molar refractivity (Wildman–Crippen MR) is 82.0 cm³/mol. The Labute approximate surface area is 122 Å². The van der Waals surface area contributed by atoms with Crippen LogP contribution in [0.25, 0.3) is 0 Å². The molecule has 1 heterocycles. The molecule has 2 unspecified atom stereocenters. The maximum absolute atomic E-state index is 5.85. The third-order valence-corrected chi connectivity index (χ3v) is 4.00. The van der Waals surface area contributed by atoms with Crippen LogP contribution >= 0.6 is 0 Å². The maximum atomic E-state index is 5.85. The highest BCUT2D eigenvalue weighted by Crippen LogP contribution is 2.16. The standard InChI is InChI=1S/C17H27NO2/c1-3-14-7-9-15(10-8-14)17(18-2)13-19-12-16-6-4-5-11-20-16/h7-10,16-18H,3-6,11-13H2,1-2H3. The topological polar surface area (TPSA) is 30.5 Å². The molecule has 0 radical (unpaired) electrons. The van der Waals surface area contributed by atoms with Crippen molar-refractivity contribution in [3.63, 3.8) is 0 Å². The molecule has 1 saturated heterocycles. The largest absolute Gasteiger partial charge is 0.377 e. The van der Waals surface area contributed by atoms with E-state index in [0.717, 1.165) is 19.4 Å². The van der Waals surface area contributed by atoms with Crippen LogP contribution in [0, 0.1) is 0 Å². The lowest BCUT2D eigenvalue weighted by atomic mass is 10.0. The molecule has 0 aromatic heterocycles. The van der Waals surface area contributed by atoms with Gasteiger partial charge in [0, 0.05) is 6.61 Å². The van der Waals surface area contributed by atoms with Gasteiger partial charge in [0.15, 0.2) is 0 Å². The lowest BCUT2D eigenvalue weighted by Gasteiger charge is -2.24. The van der Waals surface area contributed by atoms with Crippen LogP contribution in [0.15, 0.2) is 24.3 Å². The van der Waals surface area contributed by atoms with Gasteiger partial charge in [0.2, 0.25) is 0 Å². The Morgan fingerprint density at radius 1 is 1.30 bits per heavy atom. The summed E-state index contributed by atoms with van der Waals surface area (Å²) in [5.74, 6) is 0. The van der Waals surface area contributed by atoms with E-state index in [2.05, 4.69) is 36.5 Å². The summed E-state index contributed by atoms with van der Waals surface area (Å²) < 4.78 is 11.5. The van der Waals surface area contributed by atoms with Crippen LogP contribution in [0.1, 0.15) is 43.4 Å². The van der Waals surface area contributed by atoms with Crippen molar-refractivity contribution < 1.29 is 9.47 Å². The fraction of sp³-hybridized carbons (Fsp3) is 0.647. The zero-order valence-corrected chi connectivity index (χ0v) is 12.7. The first-order valence-electron chi connectivity index (χ1n) is 7.79. The highest BCUT2D eigenvalue weighted by molar-refractivity contribution is 5.25. The molecule has 1 aliphatic rings. The molecule has 2 atom stereocenters. The van der Waals surface area contributed by atoms with Crippen molar-refractivity contribution in [3.05, 3.63) is 35.4 Å². The average Bonchev–Trinajstić information content (AvgIpc) is 2.53. The maximum Gasteiger partial charge on any atom is 0.0808 e. The summed E-state index contributed by atoms with van der Waals surface area (Å²) in [5, 5.41) is 3.33. The van der Waals surface area contributed by atoms with Crippen molar-refractivity contribution in [2.24, 2.45) is 0 Å². The number of nitrogens with one attached hydrogen (secondary N) is 1. The SMILES string of the molecule is CCc1ccc(C(COCC2CCCCO2)NC)cc1. The Kier molecular flexibility index (Phi) is 6.51. The van der Waals surface area contributed by atoms with Gasteiger partial charge in [0.25, 0.3) is 0 Å². The van der Waals surface area contributed by atoms with Crippen molar-refractivity contribution in [2.45, 2.75) is 44.8 Å². The Balaban J connectivity index is 1.78. The minimum atomic E-state index is 0.254. The van der Waals surface area contributed by atoms with Crippen LogP contribution in [-0.4, -0.2) is 33.0 Å². The molecule has 112 valence electrons. The van der Waals surface area contributed by atoms with Gasteiger partial charge in [-0.05, 0) is 43.9 Å². The van der Waals surface area contributed by atoms with Gasteiger partial charge in [-0.2, -0.15) is 0 Å². The van der Waals surface area contributed by atoms with E-state index in [-0.39, 0.29) is 6.04 Å². The third kappa shape index (κ3) is 4.58. The molecule has 0 spiro atoms. The smallest absolute Gasteiger partial charge is 0.0808 e. The summed E-state index contributed by atoms with van der Waals surface area (Å²) in [6.07, 6.45) is 4.97. The summed E-state index contributed by atoms with van der Waals surface area (Å²) >= 11 is 0. The fourth-order valence-electron chi connectivity index (χ4n) is 2.59. The highest BCUT2D eigenvalue weighted by Gasteiger charge is 2.15. The molecule has 3 heteroatoms. The molecular formula is C17H27NO2. The van der Waals surface area contributed by atoms with Crippen LogP contribution in [0.4, 0.5) is 0 Å². The number of hydrogen-bond acceptors (Lipinski definition) is 3. The van der Waals surface area contributed by atoms with E-state index in [1.54, 1.807) is 0 Å². The van der Waals surface area contributed by atoms with E-state index in [1.807, 2.05) is 7.05 Å². The number of rotatable bonds is 7. The first-order valence-corrected chi connectivity index (χ1v) is 7.79. The van der Waals surface area contributed by atoms with E-state index >= 15 is 0 Å². The molecule has 1 aliphatic heterocycles. The van der Waals surface area contributed by atoms with E-state index in [0.29, 0.717) is 19.3 Å². The third-order valence-electron chi connectivity index (χ3n) is 4.00. The van der Waals surface area contributed by atoms with E-state index in [9.17, 15) is 0 Å². The Hall–Kier alpha value is -0.900. The molecule has 1 N–H and O–H groups in total. The van der Waals surface area contributed by atoms with E-state index in [4.69, 9.17) is 9.47 Å². The molecule has 1 fully saturated rings. The Morgan fingerprint density at radius 3 is 2.70 bits per heavy atom. The Morgan fingerprint density at radius 2 is 2.10 bits per heavy atom. The lowest BCUT2D eigenvalue weighted by molar-refractivity contribution is -0.0440. The second-order valence-corrected chi connectivity index (χ2v) is 5.46. The van der Waals surface area contributed by atoms with Crippen LogP contribution < -0.4 is 5.32 Å². The summed E-state index contributed by atoms with van der Waals surface area (Å²) in [6.45, 7) is 4.48. The highest BCUT2D eigenvalue weighted by atomic mass is 16.5. The molecule has 3 nitrogen and oxygen atoms in total. The van der Waals surface area contributed by atoms with Gasteiger partial charge in [-0.15, -0.1) is 0 Å². The molecule has 1 aromatic carbocycles. The van der Waals surface area contributed by atoms with Gasteiger partial charge in [-0.25, -0.2) is 0 Å². The molecule has 0 amide bonds. The molecule has 1 aromatic rings. The van der Waals surface area contributed by atoms with Crippen molar-refractivity contribution in [2.75, 3.05) is 26.9 Å². The summed E-state index contributed by atoms with van der Waals surface area (Å²) in [7, 11) is 1.98. The Bertz CT molecular complexity index is 371. The van der Waals surface area contributed by atoms with Crippen LogP contribution in [0.2, 0.25) is 0 Å². The number of likely N-dealkylation sites (N-methyl/N-ethyl adjacent to an activating group) is 1. The van der Waals surface area contributed by atoms with Gasteiger partial charge < -0.3 is 14.8 Å². The number of ether oxygens (including phenoxy) is 2. The van der Waals surface area contributed by atoms with Crippen molar-refractivity contribution >= 4 is 0 Å². The quantitative estimate of drug-likeness (QED) is 0.831. The van der Waals surface area contributed by atoms with Crippen LogP contribution in [-0.2, 0) is 15.9 Å². The molecule has 20 heavy (non-hydrogen) atoms. The molecule has 0 aliphatic carbocycles. The van der Waals surface area contributed by atoms with Crippen molar-refractivity contribution in [1.29, 1.82) is 0 Å². The number of benzene rings is 1. The summed E-state index contributed by atoms with van der Waals surface area (Å²) in [4.78, 5) is 0. The zero-order valence-electron chi connectivity index (χ0n) is 12.7. The summed E-state index contributed by atoms with van der Waals surface area (Å²) in [5.41, 5.74) is 2.66. The first kappa shape index (κ1) is 15.5. The second kappa shape index (κ2) is 8.40. The van der Waals surface area contributed by atoms with E-state index < -0.39 is 0 Å². The monoisotopic (exact) mass is 277 g/mol. The van der Waals surface area contributed by atoms with Crippen LogP contribution in [0.5, 0.6) is 0 Å². The normalized spacial score (nSPS) is 20.8. The predicted octanol–water partition coefficient (Wildman–Crippen LogP) is 3.10. The van der Waals surface area contributed by atoms with Gasteiger partial charge in [0.1, 0.15) is 0 Å². The average molecular weight is 277 g/mol. The molecule has 0 bridgehead atoms. The summed E-state index contributed by atoms with van der Waals surface area (Å²) in [6, 6.07) is 9.04. The lowest BCUT2D eigenvalue weighted by Crippen LogP contribution is -2.28. The fourth-order valence-corrected chi connectivity index (χ4v) is 2.59. The van der Waals surface area contributed by atoms with Crippen molar-refractivity contribution in [3.8, 4) is 0 Å². The minimum Gasteiger partial charge on any atom is -0.377 e. The molecule has 0 saturated carbocycles. The zero-order chi connectivity index (χ0) is 14.2. The van der Waals surface area contributed by atoms with Crippen LogP contribution in [0.3, 0.4) is 0 Å². The van der Waals surface area contributed by atoms with Gasteiger partial charge in [-0.1, -0.05) is 31.2 Å². The first-order chi connectivity index (χ1) is 9.83. The van der Waals surface area contributed by atoms with Gasteiger partial charge in [-0.3, -0.25) is 0 Å². The van der Waals surface area contributed by atoms with Crippen molar-refractivity contribution in [1.82, 2.24) is 5.32 Å². The molecular weight excluding hydrogens is 250 g/mol. The second-order valence-electron chi connectivity index (χ2n) is 5.46. The number of hydrogen-bond donors (Lipinski definition) is 1. The van der Waals surface area contributed by atoms with Gasteiger partial charge in [0.05, 0.1) is 25.4 Å². The molecule has 2 rings (SSSR count). The number of aryl methyl sites for hydroxylation is 1. The van der Waals surface area contributed by atoms with E-state index in [1.165, 1.54) is 24.0 Å².